The number of aryl methyl sites for hydroxylation is 1. The molecule has 0 radical (unpaired) electrons. The largest absolute Gasteiger partial charge is 0.458 e. The number of furan rings is 1. The smallest absolute Gasteiger partial charge is 0.148 e. The molecular formula is C17H16BrNO. The monoisotopic (exact) mass is 329 g/mol. The van der Waals surface area contributed by atoms with Gasteiger partial charge in [-0.05, 0) is 47.6 Å². The Morgan fingerprint density at radius 3 is 2.50 bits per heavy atom. The summed E-state index contributed by atoms with van der Waals surface area (Å²) in [6, 6.07) is 16.8. The third kappa shape index (κ3) is 2.39. The van der Waals surface area contributed by atoms with Crippen LogP contribution in [0.4, 0.5) is 0 Å². The van der Waals surface area contributed by atoms with Crippen LogP contribution in [0.2, 0.25) is 0 Å². The van der Waals surface area contributed by atoms with E-state index in [1.54, 1.807) is 0 Å². The minimum atomic E-state index is 0.0647. The molecule has 3 heteroatoms. The number of nitrogens with one attached hydrogen (secondary N) is 1. The van der Waals surface area contributed by atoms with Gasteiger partial charge >= 0.3 is 0 Å². The van der Waals surface area contributed by atoms with E-state index in [0.717, 1.165) is 21.2 Å². The normalized spacial score (nSPS) is 12.8. The summed E-state index contributed by atoms with van der Waals surface area (Å²) in [4.78, 5) is 0. The van der Waals surface area contributed by atoms with Crippen molar-refractivity contribution < 1.29 is 4.42 Å². The van der Waals surface area contributed by atoms with E-state index >= 15 is 0 Å². The van der Waals surface area contributed by atoms with Gasteiger partial charge in [-0.1, -0.05) is 42.0 Å². The summed E-state index contributed by atoms with van der Waals surface area (Å²) in [6.45, 7) is 2.09. The van der Waals surface area contributed by atoms with Gasteiger partial charge in [0.2, 0.25) is 0 Å². The van der Waals surface area contributed by atoms with E-state index < -0.39 is 0 Å². The SMILES string of the molecule is CNC(c1ccc(C)cc1)c1cc2cccc(Br)c2o1. The molecule has 0 spiro atoms. The zero-order valence-electron chi connectivity index (χ0n) is 11.5. The molecule has 2 nitrogen and oxygen atoms in total. The number of benzene rings is 2. The van der Waals surface area contributed by atoms with Crippen molar-refractivity contribution in [2.24, 2.45) is 0 Å². The van der Waals surface area contributed by atoms with Crippen LogP contribution >= 0.6 is 15.9 Å². The molecule has 2 aromatic carbocycles. The predicted molar refractivity (Wildman–Crippen MR) is 86.0 cm³/mol. The van der Waals surface area contributed by atoms with Gasteiger partial charge in [0.15, 0.2) is 0 Å². The molecule has 3 aromatic rings. The topological polar surface area (TPSA) is 25.2 Å². The van der Waals surface area contributed by atoms with E-state index in [9.17, 15) is 0 Å². The standard InChI is InChI=1S/C17H16BrNO/c1-11-6-8-12(9-7-11)16(19-2)15-10-13-4-3-5-14(18)17(13)20-15/h3-10,16,19H,1-2H3. The molecule has 0 saturated carbocycles. The third-order valence-electron chi connectivity index (χ3n) is 3.50. The molecule has 0 fully saturated rings. The van der Waals surface area contributed by atoms with Crippen molar-refractivity contribution in [3.8, 4) is 0 Å². The zero-order chi connectivity index (χ0) is 14.1. The van der Waals surface area contributed by atoms with Crippen molar-refractivity contribution >= 4 is 26.9 Å². The fourth-order valence-corrected chi connectivity index (χ4v) is 2.88. The van der Waals surface area contributed by atoms with Gasteiger partial charge in [0.1, 0.15) is 11.3 Å². The molecule has 3 rings (SSSR count). The molecule has 0 aliphatic heterocycles. The van der Waals surface area contributed by atoms with Crippen molar-refractivity contribution in [3.05, 3.63) is 69.9 Å². The number of rotatable bonds is 3. The molecule has 0 amide bonds. The summed E-state index contributed by atoms with van der Waals surface area (Å²) in [5.41, 5.74) is 3.36. The van der Waals surface area contributed by atoms with E-state index in [0.29, 0.717) is 0 Å². The first-order valence-corrected chi connectivity index (χ1v) is 7.40. The van der Waals surface area contributed by atoms with Crippen LogP contribution in [-0.4, -0.2) is 7.05 Å². The Morgan fingerprint density at radius 2 is 1.85 bits per heavy atom. The highest BCUT2D eigenvalue weighted by Crippen LogP contribution is 2.32. The number of halogens is 1. The highest BCUT2D eigenvalue weighted by atomic mass is 79.9. The molecular weight excluding hydrogens is 314 g/mol. The molecule has 1 unspecified atom stereocenters. The van der Waals surface area contributed by atoms with Crippen molar-refractivity contribution in [1.82, 2.24) is 5.32 Å². The third-order valence-corrected chi connectivity index (χ3v) is 4.12. The molecule has 0 aliphatic rings. The number of para-hydroxylation sites is 1. The first-order valence-electron chi connectivity index (χ1n) is 6.61. The predicted octanol–water partition coefficient (Wildman–Crippen LogP) is 4.81. The number of hydrogen-bond acceptors (Lipinski definition) is 2. The van der Waals surface area contributed by atoms with Crippen LogP contribution < -0.4 is 5.32 Å². The van der Waals surface area contributed by atoms with Gasteiger partial charge in [-0.25, -0.2) is 0 Å². The maximum absolute atomic E-state index is 6.03. The van der Waals surface area contributed by atoms with Gasteiger partial charge in [-0.2, -0.15) is 0 Å². The van der Waals surface area contributed by atoms with Gasteiger partial charge in [-0.15, -0.1) is 0 Å². The maximum atomic E-state index is 6.03. The van der Waals surface area contributed by atoms with Crippen molar-refractivity contribution in [3.63, 3.8) is 0 Å². The molecule has 102 valence electrons. The highest BCUT2D eigenvalue weighted by Gasteiger charge is 2.17. The summed E-state index contributed by atoms with van der Waals surface area (Å²) in [5, 5.41) is 4.44. The van der Waals surface area contributed by atoms with Gasteiger partial charge in [0.05, 0.1) is 10.5 Å². The maximum Gasteiger partial charge on any atom is 0.148 e. The highest BCUT2D eigenvalue weighted by molar-refractivity contribution is 9.10. The van der Waals surface area contributed by atoms with Crippen LogP contribution in [0.25, 0.3) is 11.0 Å². The molecule has 1 heterocycles. The van der Waals surface area contributed by atoms with Crippen LogP contribution in [0.5, 0.6) is 0 Å². The Balaban J connectivity index is 2.07. The van der Waals surface area contributed by atoms with E-state index in [1.807, 2.05) is 19.2 Å². The van der Waals surface area contributed by atoms with Crippen molar-refractivity contribution in [2.75, 3.05) is 7.05 Å². The average molecular weight is 330 g/mol. The summed E-state index contributed by atoms with van der Waals surface area (Å²) in [5.74, 6) is 0.929. The van der Waals surface area contributed by atoms with Gasteiger partial charge in [0, 0.05) is 5.39 Å². The molecule has 0 bridgehead atoms. The molecule has 1 atom stereocenters. The van der Waals surface area contributed by atoms with Crippen molar-refractivity contribution in [2.45, 2.75) is 13.0 Å². The summed E-state index contributed by atoms with van der Waals surface area (Å²) < 4.78 is 7.01. The second kappa shape index (κ2) is 5.43. The van der Waals surface area contributed by atoms with Crippen molar-refractivity contribution in [1.29, 1.82) is 0 Å². The lowest BCUT2D eigenvalue weighted by Crippen LogP contribution is -2.16. The fourth-order valence-electron chi connectivity index (χ4n) is 2.42. The van der Waals surface area contributed by atoms with E-state index in [2.05, 4.69) is 64.6 Å². The van der Waals surface area contributed by atoms with Crippen LogP contribution in [0, 0.1) is 6.92 Å². The lowest BCUT2D eigenvalue weighted by molar-refractivity contribution is 0.490. The second-order valence-electron chi connectivity index (χ2n) is 4.94. The second-order valence-corrected chi connectivity index (χ2v) is 5.79. The lowest BCUT2D eigenvalue weighted by Gasteiger charge is -2.14. The van der Waals surface area contributed by atoms with E-state index in [-0.39, 0.29) is 6.04 Å². The summed E-state index contributed by atoms with van der Waals surface area (Å²) in [7, 11) is 1.95. The Morgan fingerprint density at radius 1 is 1.10 bits per heavy atom. The summed E-state index contributed by atoms with van der Waals surface area (Å²) in [6.07, 6.45) is 0. The van der Waals surface area contributed by atoms with Gasteiger partial charge in [-0.3, -0.25) is 0 Å². The van der Waals surface area contributed by atoms with Crippen LogP contribution in [0.1, 0.15) is 22.9 Å². The zero-order valence-corrected chi connectivity index (χ0v) is 13.1. The minimum absolute atomic E-state index is 0.0647. The fraction of sp³-hybridized carbons (Fsp3) is 0.176. The number of fused-ring (bicyclic) bond motifs is 1. The van der Waals surface area contributed by atoms with Crippen LogP contribution in [0.3, 0.4) is 0 Å². The average Bonchev–Trinajstić information content (AvgIpc) is 2.87. The van der Waals surface area contributed by atoms with Gasteiger partial charge in [0.25, 0.3) is 0 Å². The minimum Gasteiger partial charge on any atom is -0.458 e. The Bertz CT molecular complexity index is 730. The van der Waals surface area contributed by atoms with E-state index in [1.165, 1.54) is 11.1 Å². The first-order chi connectivity index (χ1) is 9.69. The summed E-state index contributed by atoms with van der Waals surface area (Å²) >= 11 is 3.53. The Hall–Kier alpha value is -1.58. The molecule has 0 aliphatic carbocycles. The quantitative estimate of drug-likeness (QED) is 0.745. The lowest BCUT2D eigenvalue weighted by atomic mass is 10.0. The molecule has 1 aromatic heterocycles. The van der Waals surface area contributed by atoms with Gasteiger partial charge < -0.3 is 9.73 Å². The molecule has 20 heavy (non-hydrogen) atoms. The Kier molecular flexibility index (Phi) is 3.64. The Labute approximate surface area is 126 Å². The van der Waals surface area contributed by atoms with E-state index in [4.69, 9.17) is 4.42 Å². The molecule has 0 saturated heterocycles. The number of hydrogen-bond donors (Lipinski definition) is 1. The van der Waals surface area contributed by atoms with Crippen LogP contribution in [-0.2, 0) is 0 Å². The van der Waals surface area contributed by atoms with Crippen LogP contribution in [0.15, 0.2) is 57.4 Å². The molecule has 1 N–H and O–H groups in total. The first kappa shape index (κ1) is 13.4.